The molecule has 0 N–H and O–H groups in total. The first-order valence-corrected chi connectivity index (χ1v) is 5.00. The molecular formula is C11H17NO5. The molecule has 0 bridgehead atoms. The lowest BCUT2D eigenvalue weighted by Crippen LogP contribution is -2.35. The molecule has 96 valence electrons. The van der Waals surface area contributed by atoms with E-state index in [1.54, 1.807) is 12.2 Å². The monoisotopic (exact) mass is 243 g/mol. The Kier molecular flexibility index (Phi) is 7.25. The molecular weight excluding hydrogens is 226 g/mol. The molecule has 0 aliphatic rings. The fourth-order valence-corrected chi connectivity index (χ4v) is 0.997. The van der Waals surface area contributed by atoms with Crippen LogP contribution in [-0.2, 0) is 14.3 Å². The van der Waals surface area contributed by atoms with Crippen LogP contribution in [0.5, 0.6) is 0 Å². The second-order valence-electron chi connectivity index (χ2n) is 2.97. The number of hydrogen-bond donors (Lipinski definition) is 0. The summed E-state index contributed by atoms with van der Waals surface area (Å²) in [7, 11) is 2.34. The van der Waals surface area contributed by atoms with Gasteiger partial charge in [-0.1, -0.05) is 25.7 Å². The first-order valence-electron chi connectivity index (χ1n) is 5.00. The van der Waals surface area contributed by atoms with Crippen LogP contribution in [0.4, 0.5) is 9.59 Å². The molecule has 6 heteroatoms. The highest BCUT2D eigenvalue weighted by Crippen LogP contribution is 2.07. The van der Waals surface area contributed by atoms with Gasteiger partial charge in [0, 0.05) is 0 Å². The van der Waals surface area contributed by atoms with Gasteiger partial charge in [0.2, 0.25) is 0 Å². The maximum absolute atomic E-state index is 11.3. The Bertz CT molecular complexity index is 311. The standard InChI is InChI=1S/C11H17NO5/c1-5-7-9(6-2)8-12(10(13)15-3)17-11(14)16-4/h5,7H,1,6,8H2,2-4H3/b9-7+. The minimum Gasteiger partial charge on any atom is -0.451 e. The summed E-state index contributed by atoms with van der Waals surface area (Å²) in [6.45, 7) is 5.56. The van der Waals surface area contributed by atoms with Crippen LogP contribution in [0.15, 0.2) is 24.3 Å². The van der Waals surface area contributed by atoms with E-state index in [2.05, 4.69) is 20.9 Å². The van der Waals surface area contributed by atoms with Gasteiger partial charge in [-0.05, 0) is 12.0 Å². The highest BCUT2D eigenvalue weighted by Gasteiger charge is 2.20. The van der Waals surface area contributed by atoms with Crippen molar-refractivity contribution in [2.24, 2.45) is 0 Å². The number of hydroxylamine groups is 2. The number of amides is 1. The number of rotatable bonds is 4. The molecule has 0 aliphatic heterocycles. The molecule has 0 spiro atoms. The number of hydrogen-bond acceptors (Lipinski definition) is 5. The van der Waals surface area contributed by atoms with E-state index in [1.165, 1.54) is 7.11 Å². The maximum atomic E-state index is 11.3. The van der Waals surface area contributed by atoms with Crippen LogP contribution in [0.3, 0.4) is 0 Å². The third kappa shape index (κ3) is 5.60. The van der Waals surface area contributed by atoms with E-state index in [9.17, 15) is 9.59 Å². The maximum Gasteiger partial charge on any atom is 0.533 e. The summed E-state index contributed by atoms with van der Waals surface area (Å²) in [6, 6.07) is 0. The summed E-state index contributed by atoms with van der Waals surface area (Å²) in [5.41, 5.74) is 0.856. The van der Waals surface area contributed by atoms with Gasteiger partial charge in [0.15, 0.2) is 0 Å². The zero-order valence-electron chi connectivity index (χ0n) is 10.3. The van der Waals surface area contributed by atoms with Crippen molar-refractivity contribution in [3.63, 3.8) is 0 Å². The molecule has 0 fully saturated rings. The number of ether oxygens (including phenoxy) is 2. The van der Waals surface area contributed by atoms with Crippen molar-refractivity contribution < 1.29 is 23.9 Å². The Balaban J connectivity index is 4.68. The third-order valence-electron chi connectivity index (χ3n) is 1.88. The van der Waals surface area contributed by atoms with Crippen LogP contribution in [-0.4, -0.2) is 38.1 Å². The lowest BCUT2D eigenvalue weighted by Gasteiger charge is -2.19. The summed E-state index contributed by atoms with van der Waals surface area (Å²) in [5.74, 6) is 0. The van der Waals surface area contributed by atoms with Crippen LogP contribution in [0.1, 0.15) is 13.3 Å². The normalized spacial score (nSPS) is 10.4. The fraction of sp³-hybridized carbons (Fsp3) is 0.455. The van der Waals surface area contributed by atoms with Gasteiger partial charge in [-0.25, -0.2) is 9.59 Å². The van der Waals surface area contributed by atoms with E-state index >= 15 is 0 Å². The Morgan fingerprint density at radius 2 is 1.94 bits per heavy atom. The van der Waals surface area contributed by atoms with Crippen molar-refractivity contribution in [3.05, 3.63) is 24.3 Å². The Morgan fingerprint density at radius 3 is 2.35 bits per heavy atom. The SMILES string of the molecule is C=C/C=C(\CC)CN(OC(=O)OC)C(=O)OC. The third-order valence-corrected chi connectivity index (χ3v) is 1.88. The molecule has 6 nitrogen and oxygen atoms in total. The molecule has 1 amide bonds. The minimum absolute atomic E-state index is 0.101. The fourth-order valence-electron chi connectivity index (χ4n) is 0.997. The molecule has 0 aromatic rings. The Labute approximate surface area is 100 Å². The summed E-state index contributed by atoms with van der Waals surface area (Å²) >= 11 is 0. The van der Waals surface area contributed by atoms with Gasteiger partial charge in [-0.2, -0.15) is 0 Å². The van der Waals surface area contributed by atoms with Crippen molar-refractivity contribution in [2.45, 2.75) is 13.3 Å². The summed E-state index contributed by atoms with van der Waals surface area (Å²) in [4.78, 5) is 26.9. The van der Waals surface area contributed by atoms with Gasteiger partial charge in [-0.3, -0.25) is 4.84 Å². The number of methoxy groups -OCH3 is 2. The molecule has 0 aromatic carbocycles. The molecule has 0 unspecified atom stereocenters. The molecule has 0 aliphatic carbocycles. The van der Waals surface area contributed by atoms with Crippen LogP contribution in [0.2, 0.25) is 0 Å². The van der Waals surface area contributed by atoms with Gasteiger partial charge < -0.3 is 9.47 Å². The lowest BCUT2D eigenvalue weighted by molar-refractivity contribution is -0.0984. The average molecular weight is 243 g/mol. The van der Waals surface area contributed by atoms with E-state index < -0.39 is 12.2 Å². The molecule has 17 heavy (non-hydrogen) atoms. The first kappa shape index (κ1) is 15.0. The smallest absolute Gasteiger partial charge is 0.451 e. The van der Waals surface area contributed by atoms with Gasteiger partial charge >= 0.3 is 12.2 Å². The molecule has 0 saturated carbocycles. The Morgan fingerprint density at radius 1 is 1.29 bits per heavy atom. The number of allylic oxidation sites excluding steroid dienone is 2. The summed E-state index contributed by atoms with van der Waals surface area (Å²) < 4.78 is 8.78. The van der Waals surface area contributed by atoms with Crippen LogP contribution in [0.25, 0.3) is 0 Å². The molecule has 0 rings (SSSR count). The highest BCUT2D eigenvalue weighted by molar-refractivity contribution is 5.69. The molecule has 0 atom stereocenters. The first-order chi connectivity index (χ1) is 8.08. The van der Waals surface area contributed by atoms with E-state index in [4.69, 9.17) is 0 Å². The second-order valence-corrected chi connectivity index (χ2v) is 2.97. The Hall–Kier alpha value is -1.98. The minimum atomic E-state index is -0.982. The zero-order valence-corrected chi connectivity index (χ0v) is 10.3. The van der Waals surface area contributed by atoms with E-state index in [1.807, 2.05) is 6.92 Å². The van der Waals surface area contributed by atoms with Crippen LogP contribution < -0.4 is 0 Å². The largest absolute Gasteiger partial charge is 0.533 e. The predicted octanol–water partition coefficient (Wildman–Crippen LogP) is 2.28. The van der Waals surface area contributed by atoms with Crippen molar-refractivity contribution in [2.75, 3.05) is 20.8 Å². The van der Waals surface area contributed by atoms with E-state index in [0.29, 0.717) is 6.42 Å². The second kappa shape index (κ2) is 8.20. The summed E-state index contributed by atoms with van der Waals surface area (Å²) in [5, 5.41) is 0.782. The number of nitrogens with zero attached hydrogens (tertiary/aromatic N) is 1. The summed E-state index contributed by atoms with van der Waals surface area (Å²) in [6.07, 6.45) is 2.25. The van der Waals surface area contributed by atoms with E-state index in [-0.39, 0.29) is 6.54 Å². The topological polar surface area (TPSA) is 65.1 Å². The van der Waals surface area contributed by atoms with E-state index in [0.717, 1.165) is 17.7 Å². The molecule has 0 saturated heterocycles. The lowest BCUT2D eigenvalue weighted by atomic mass is 10.2. The number of carbonyl (C=O) groups is 2. The van der Waals surface area contributed by atoms with Crippen LogP contribution in [0, 0.1) is 0 Å². The van der Waals surface area contributed by atoms with Gasteiger partial charge in [-0.15, -0.1) is 5.06 Å². The van der Waals surface area contributed by atoms with Gasteiger partial charge in [0.1, 0.15) is 0 Å². The number of carbonyl (C=O) groups excluding carboxylic acids is 2. The molecule has 0 aromatic heterocycles. The van der Waals surface area contributed by atoms with Gasteiger partial charge in [0.05, 0.1) is 20.8 Å². The molecule has 0 heterocycles. The van der Waals surface area contributed by atoms with Gasteiger partial charge in [0.25, 0.3) is 0 Å². The quantitative estimate of drug-likeness (QED) is 0.430. The van der Waals surface area contributed by atoms with Crippen LogP contribution >= 0.6 is 0 Å². The van der Waals surface area contributed by atoms with Crippen molar-refractivity contribution in [3.8, 4) is 0 Å². The highest BCUT2D eigenvalue weighted by atomic mass is 16.8. The zero-order chi connectivity index (χ0) is 13.3. The van der Waals surface area contributed by atoms with Crippen molar-refractivity contribution >= 4 is 12.2 Å². The van der Waals surface area contributed by atoms with Crippen molar-refractivity contribution in [1.29, 1.82) is 0 Å². The molecule has 0 radical (unpaired) electrons. The predicted molar refractivity (Wildman–Crippen MR) is 61.2 cm³/mol. The van der Waals surface area contributed by atoms with Crippen molar-refractivity contribution in [1.82, 2.24) is 5.06 Å². The average Bonchev–Trinajstić information content (AvgIpc) is 2.35.